The van der Waals surface area contributed by atoms with Gasteiger partial charge < -0.3 is 9.31 Å². The average molecular weight is 250 g/mol. The Bertz CT molecular complexity index is 347. The van der Waals surface area contributed by atoms with Crippen LogP contribution in [0.1, 0.15) is 54.9 Å². The third kappa shape index (κ3) is 3.49. The molecular weight excluding hydrogens is 223 g/mol. The van der Waals surface area contributed by atoms with Gasteiger partial charge in [-0.1, -0.05) is 16.7 Å². The summed E-state index contributed by atoms with van der Waals surface area (Å²) in [4.78, 5) is 0. The van der Waals surface area contributed by atoms with Crippen LogP contribution in [0.2, 0.25) is 6.32 Å². The van der Waals surface area contributed by atoms with Crippen molar-refractivity contribution in [2.24, 2.45) is 0 Å². The van der Waals surface area contributed by atoms with Gasteiger partial charge in [0.15, 0.2) is 0 Å². The Morgan fingerprint density at radius 3 is 1.83 bits per heavy atom. The van der Waals surface area contributed by atoms with E-state index in [1.54, 1.807) is 0 Å². The molecule has 0 amide bonds. The fraction of sp³-hybridized carbons (Fsp3) is 0.733. The average Bonchev–Trinajstić information content (AvgIpc) is 2.33. The fourth-order valence-electron chi connectivity index (χ4n) is 1.91. The van der Waals surface area contributed by atoms with Gasteiger partial charge in [-0.05, 0) is 54.9 Å². The molecule has 0 bridgehead atoms. The fourth-order valence-corrected chi connectivity index (χ4v) is 1.91. The SMILES string of the molecule is C=C(CB1OC(C)(C)C(C)(C)O1)CC(C)=C(C)C. The van der Waals surface area contributed by atoms with E-state index in [4.69, 9.17) is 9.31 Å². The zero-order valence-corrected chi connectivity index (χ0v) is 13.0. The molecule has 0 unspecified atom stereocenters. The molecule has 3 heteroatoms. The molecule has 0 N–H and O–H groups in total. The minimum Gasteiger partial charge on any atom is -0.403 e. The Balaban J connectivity index is 2.57. The van der Waals surface area contributed by atoms with E-state index >= 15 is 0 Å². The molecule has 102 valence electrons. The normalized spacial score (nSPS) is 20.9. The summed E-state index contributed by atoms with van der Waals surface area (Å²) < 4.78 is 12.0. The first kappa shape index (κ1) is 15.5. The zero-order valence-electron chi connectivity index (χ0n) is 13.0. The lowest BCUT2D eigenvalue weighted by molar-refractivity contribution is 0.00578. The Morgan fingerprint density at radius 2 is 1.44 bits per heavy atom. The molecule has 0 atom stereocenters. The monoisotopic (exact) mass is 250 g/mol. The van der Waals surface area contributed by atoms with Crippen molar-refractivity contribution in [1.29, 1.82) is 0 Å². The first-order valence-electron chi connectivity index (χ1n) is 6.70. The van der Waals surface area contributed by atoms with Gasteiger partial charge in [-0.2, -0.15) is 0 Å². The Labute approximate surface area is 113 Å². The van der Waals surface area contributed by atoms with E-state index in [0.717, 1.165) is 12.7 Å². The number of hydrogen-bond donors (Lipinski definition) is 0. The maximum atomic E-state index is 5.98. The summed E-state index contributed by atoms with van der Waals surface area (Å²) in [5, 5.41) is 0. The molecule has 1 fully saturated rings. The molecule has 0 spiro atoms. The van der Waals surface area contributed by atoms with E-state index in [1.807, 2.05) is 0 Å². The van der Waals surface area contributed by atoms with Crippen LogP contribution in [-0.2, 0) is 9.31 Å². The molecule has 0 aromatic rings. The van der Waals surface area contributed by atoms with E-state index in [9.17, 15) is 0 Å². The van der Waals surface area contributed by atoms with Crippen LogP contribution < -0.4 is 0 Å². The highest BCUT2D eigenvalue weighted by Gasteiger charge is 2.50. The predicted octanol–water partition coefficient (Wildman–Crippen LogP) is 4.38. The van der Waals surface area contributed by atoms with Gasteiger partial charge >= 0.3 is 7.12 Å². The van der Waals surface area contributed by atoms with Crippen LogP contribution in [0, 0.1) is 0 Å². The van der Waals surface area contributed by atoms with Gasteiger partial charge in [0.05, 0.1) is 11.2 Å². The van der Waals surface area contributed by atoms with Crippen LogP contribution in [0.4, 0.5) is 0 Å². The molecule has 1 rings (SSSR count). The summed E-state index contributed by atoms with van der Waals surface area (Å²) in [5.41, 5.74) is 3.43. The highest BCUT2D eigenvalue weighted by Crippen LogP contribution is 2.38. The van der Waals surface area contributed by atoms with Crippen molar-refractivity contribution in [2.75, 3.05) is 0 Å². The van der Waals surface area contributed by atoms with Crippen LogP contribution in [0.25, 0.3) is 0 Å². The third-order valence-electron chi connectivity index (χ3n) is 4.13. The standard InChI is InChI=1S/C15H27BO2/c1-11(2)13(4)9-12(3)10-16-17-14(5,6)15(7,8)18-16/h3,9-10H2,1-2,4-8H3. The Hall–Kier alpha value is -0.535. The molecule has 0 saturated carbocycles. The van der Waals surface area contributed by atoms with Gasteiger partial charge in [-0.25, -0.2) is 0 Å². The zero-order chi connectivity index (χ0) is 14.1. The number of allylic oxidation sites excluding steroid dienone is 3. The van der Waals surface area contributed by atoms with E-state index in [0.29, 0.717) is 0 Å². The highest BCUT2D eigenvalue weighted by atomic mass is 16.7. The van der Waals surface area contributed by atoms with Gasteiger partial charge in [0.25, 0.3) is 0 Å². The Kier molecular flexibility index (Phi) is 4.50. The van der Waals surface area contributed by atoms with Gasteiger partial charge in [-0.15, -0.1) is 6.58 Å². The highest BCUT2D eigenvalue weighted by molar-refractivity contribution is 6.46. The van der Waals surface area contributed by atoms with Crippen molar-refractivity contribution in [3.63, 3.8) is 0 Å². The van der Waals surface area contributed by atoms with Gasteiger partial charge in [0.1, 0.15) is 0 Å². The van der Waals surface area contributed by atoms with E-state index in [2.05, 4.69) is 55.0 Å². The summed E-state index contributed by atoms with van der Waals surface area (Å²) in [7, 11) is -0.160. The molecule has 1 aliphatic rings. The molecule has 1 heterocycles. The topological polar surface area (TPSA) is 18.5 Å². The van der Waals surface area contributed by atoms with Crippen molar-refractivity contribution in [1.82, 2.24) is 0 Å². The van der Waals surface area contributed by atoms with Crippen molar-refractivity contribution in [3.05, 3.63) is 23.3 Å². The molecule has 0 aliphatic carbocycles. The molecule has 0 aromatic heterocycles. The molecule has 2 nitrogen and oxygen atoms in total. The first-order chi connectivity index (χ1) is 8.05. The summed E-state index contributed by atoms with van der Waals surface area (Å²) in [5.74, 6) is 0. The lowest BCUT2D eigenvalue weighted by atomic mass is 9.79. The van der Waals surface area contributed by atoms with Gasteiger partial charge in [-0.3, -0.25) is 0 Å². The van der Waals surface area contributed by atoms with Crippen molar-refractivity contribution < 1.29 is 9.31 Å². The van der Waals surface area contributed by atoms with Crippen LogP contribution in [0.5, 0.6) is 0 Å². The van der Waals surface area contributed by atoms with E-state index in [-0.39, 0.29) is 18.3 Å². The largest absolute Gasteiger partial charge is 0.462 e. The van der Waals surface area contributed by atoms with Crippen molar-refractivity contribution in [3.8, 4) is 0 Å². The first-order valence-corrected chi connectivity index (χ1v) is 6.70. The minimum atomic E-state index is -0.247. The molecule has 1 aliphatic heterocycles. The third-order valence-corrected chi connectivity index (χ3v) is 4.13. The second-order valence-corrected chi connectivity index (χ2v) is 6.60. The molecule has 1 saturated heterocycles. The van der Waals surface area contributed by atoms with E-state index in [1.165, 1.54) is 16.7 Å². The van der Waals surface area contributed by atoms with Gasteiger partial charge in [0.2, 0.25) is 0 Å². The van der Waals surface area contributed by atoms with Crippen LogP contribution in [-0.4, -0.2) is 18.3 Å². The minimum absolute atomic E-state index is 0.160. The molecule has 0 aromatic carbocycles. The lowest BCUT2D eigenvalue weighted by Gasteiger charge is -2.32. The van der Waals surface area contributed by atoms with Crippen molar-refractivity contribution in [2.45, 2.75) is 72.4 Å². The Morgan fingerprint density at radius 1 is 1.00 bits per heavy atom. The quantitative estimate of drug-likeness (QED) is 0.544. The van der Waals surface area contributed by atoms with Crippen molar-refractivity contribution >= 4 is 7.12 Å². The number of hydrogen-bond acceptors (Lipinski definition) is 2. The van der Waals surface area contributed by atoms with E-state index < -0.39 is 0 Å². The summed E-state index contributed by atoms with van der Waals surface area (Å²) in [6.07, 6.45) is 1.71. The molecule has 18 heavy (non-hydrogen) atoms. The maximum Gasteiger partial charge on any atom is 0.462 e. The summed E-state index contributed by atoms with van der Waals surface area (Å²) >= 11 is 0. The second kappa shape index (κ2) is 5.22. The molecular formula is C15H27BO2. The number of rotatable bonds is 4. The van der Waals surface area contributed by atoms with Crippen LogP contribution in [0.3, 0.4) is 0 Å². The summed E-state index contributed by atoms with van der Waals surface area (Å²) in [6, 6.07) is 0. The summed E-state index contributed by atoms with van der Waals surface area (Å²) in [6.45, 7) is 18.9. The smallest absolute Gasteiger partial charge is 0.403 e. The second-order valence-electron chi connectivity index (χ2n) is 6.60. The maximum absolute atomic E-state index is 5.98. The van der Waals surface area contributed by atoms with Crippen LogP contribution >= 0.6 is 0 Å². The predicted molar refractivity (Wildman–Crippen MR) is 78.7 cm³/mol. The lowest BCUT2D eigenvalue weighted by Crippen LogP contribution is -2.41. The van der Waals surface area contributed by atoms with Gasteiger partial charge in [0, 0.05) is 6.32 Å². The molecule has 0 radical (unpaired) electrons. The van der Waals surface area contributed by atoms with Crippen LogP contribution in [0.15, 0.2) is 23.3 Å².